The average Bonchev–Trinajstić information content (AvgIpc) is 2.90. The predicted octanol–water partition coefficient (Wildman–Crippen LogP) is 4.79. The highest BCUT2D eigenvalue weighted by Crippen LogP contribution is 2.28. The summed E-state index contributed by atoms with van der Waals surface area (Å²) in [5.41, 5.74) is 4.65. The molecule has 0 aliphatic carbocycles. The van der Waals surface area contributed by atoms with Crippen LogP contribution in [0.4, 0.5) is 5.13 Å². The van der Waals surface area contributed by atoms with Gasteiger partial charge < -0.3 is 5.32 Å². The molecule has 3 nitrogen and oxygen atoms in total. The van der Waals surface area contributed by atoms with Gasteiger partial charge in [-0.3, -0.25) is 4.79 Å². The molecule has 0 aliphatic heterocycles. The van der Waals surface area contributed by atoms with Gasteiger partial charge in [-0.1, -0.05) is 41.7 Å². The van der Waals surface area contributed by atoms with Crippen LogP contribution in [0.2, 0.25) is 0 Å². The number of carbonyl (C=O) groups is 1. The molecule has 0 atom stereocenters. The number of aromatic nitrogens is 1. The van der Waals surface area contributed by atoms with E-state index in [4.69, 9.17) is 0 Å². The number of carbonyl (C=O) groups excluding carboxylic acids is 1. The Balaban J connectivity index is 1.57. The number of amides is 1. The van der Waals surface area contributed by atoms with E-state index in [1.54, 1.807) is 11.8 Å². The number of anilines is 1. The van der Waals surface area contributed by atoms with Gasteiger partial charge in [0.25, 0.3) is 0 Å². The van der Waals surface area contributed by atoms with Crippen molar-refractivity contribution in [2.24, 2.45) is 0 Å². The number of nitrogens with zero attached hydrogens (tertiary/aromatic N) is 1. The first-order chi connectivity index (χ1) is 11.1. The topological polar surface area (TPSA) is 42.0 Å². The molecule has 1 N–H and O–H groups in total. The van der Waals surface area contributed by atoms with Crippen molar-refractivity contribution in [2.45, 2.75) is 19.6 Å². The predicted molar refractivity (Wildman–Crippen MR) is 100 cm³/mol. The maximum atomic E-state index is 12.0. The molecule has 0 aliphatic rings. The third-order valence-corrected chi connectivity index (χ3v) is 5.53. The molecule has 118 valence electrons. The van der Waals surface area contributed by atoms with Gasteiger partial charge >= 0.3 is 0 Å². The minimum absolute atomic E-state index is 0.00145. The minimum atomic E-state index is -0.00145. The Morgan fingerprint density at radius 2 is 1.91 bits per heavy atom. The molecule has 3 rings (SSSR count). The molecule has 1 amide bonds. The fourth-order valence-corrected chi connectivity index (χ4v) is 3.97. The van der Waals surface area contributed by atoms with Crippen molar-refractivity contribution < 1.29 is 4.79 Å². The van der Waals surface area contributed by atoms with Crippen molar-refractivity contribution in [1.29, 1.82) is 0 Å². The van der Waals surface area contributed by atoms with Crippen LogP contribution in [0.5, 0.6) is 0 Å². The quantitative estimate of drug-likeness (QED) is 0.725. The average molecular weight is 342 g/mol. The van der Waals surface area contributed by atoms with Crippen LogP contribution in [-0.2, 0) is 10.5 Å². The van der Waals surface area contributed by atoms with E-state index >= 15 is 0 Å². The summed E-state index contributed by atoms with van der Waals surface area (Å²) in [5, 5.41) is 3.58. The Labute approximate surface area is 144 Å². The SMILES string of the molecule is Cc1cc2nc(NC(=O)CSCc3ccccc3)sc2cc1C. The van der Waals surface area contributed by atoms with Crippen molar-refractivity contribution in [1.82, 2.24) is 4.98 Å². The molecule has 0 bridgehead atoms. The second kappa shape index (κ2) is 7.15. The van der Waals surface area contributed by atoms with Gasteiger partial charge in [0.1, 0.15) is 0 Å². The molecule has 0 unspecified atom stereocenters. The Morgan fingerprint density at radius 1 is 1.17 bits per heavy atom. The largest absolute Gasteiger partial charge is 0.301 e. The lowest BCUT2D eigenvalue weighted by atomic mass is 10.1. The van der Waals surface area contributed by atoms with Gasteiger partial charge in [-0.2, -0.15) is 0 Å². The van der Waals surface area contributed by atoms with Gasteiger partial charge in [-0.15, -0.1) is 11.8 Å². The summed E-state index contributed by atoms with van der Waals surface area (Å²) in [4.78, 5) is 16.5. The van der Waals surface area contributed by atoms with E-state index in [0.29, 0.717) is 10.9 Å². The van der Waals surface area contributed by atoms with Crippen LogP contribution in [0.3, 0.4) is 0 Å². The second-order valence-corrected chi connectivity index (χ2v) is 7.47. The molecule has 5 heteroatoms. The van der Waals surface area contributed by atoms with Crippen LogP contribution < -0.4 is 5.32 Å². The number of thiazole rings is 1. The van der Waals surface area contributed by atoms with Crippen LogP contribution in [0.1, 0.15) is 16.7 Å². The van der Waals surface area contributed by atoms with Crippen LogP contribution in [0.25, 0.3) is 10.2 Å². The molecule has 0 radical (unpaired) electrons. The fourth-order valence-electron chi connectivity index (χ4n) is 2.22. The molecule has 1 heterocycles. The molecule has 0 fully saturated rings. The zero-order valence-corrected chi connectivity index (χ0v) is 14.8. The molecule has 2 aromatic carbocycles. The number of hydrogen-bond acceptors (Lipinski definition) is 4. The summed E-state index contributed by atoms with van der Waals surface area (Å²) in [6.07, 6.45) is 0. The summed E-state index contributed by atoms with van der Waals surface area (Å²) in [6, 6.07) is 14.4. The highest BCUT2D eigenvalue weighted by atomic mass is 32.2. The second-order valence-electron chi connectivity index (χ2n) is 5.45. The lowest BCUT2D eigenvalue weighted by molar-refractivity contribution is -0.113. The van der Waals surface area contributed by atoms with Crippen LogP contribution in [-0.4, -0.2) is 16.6 Å². The van der Waals surface area contributed by atoms with Crippen molar-refractivity contribution in [3.05, 3.63) is 59.2 Å². The zero-order valence-electron chi connectivity index (χ0n) is 13.1. The third-order valence-electron chi connectivity index (χ3n) is 3.59. The van der Waals surface area contributed by atoms with E-state index < -0.39 is 0 Å². The summed E-state index contributed by atoms with van der Waals surface area (Å²) in [7, 11) is 0. The van der Waals surface area contributed by atoms with Gasteiger partial charge in [0.15, 0.2) is 5.13 Å². The Hall–Kier alpha value is -1.85. The minimum Gasteiger partial charge on any atom is -0.301 e. The number of nitrogens with one attached hydrogen (secondary N) is 1. The standard InChI is InChI=1S/C18H18N2OS2/c1-12-8-15-16(9-13(12)2)23-18(19-15)20-17(21)11-22-10-14-6-4-3-5-7-14/h3-9H,10-11H2,1-2H3,(H,19,20,21). The molecule has 0 spiro atoms. The summed E-state index contributed by atoms with van der Waals surface area (Å²) < 4.78 is 1.11. The first-order valence-corrected chi connectivity index (χ1v) is 9.38. The lowest BCUT2D eigenvalue weighted by Crippen LogP contribution is -2.13. The smallest absolute Gasteiger partial charge is 0.236 e. The van der Waals surface area contributed by atoms with Gasteiger partial charge in [0, 0.05) is 5.75 Å². The molecule has 23 heavy (non-hydrogen) atoms. The third kappa shape index (κ3) is 4.12. The maximum absolute atomic E-state index is 12.0. The summed E-state index contributed by atoms with van der Waals surface area (Å²) in [6.45, 7) is 4.17. The van der Waals surface area contributed by atoms with E-state index in [1.807, 2.05) is 18.2 Å². The van der Waals surface area contributed by atoms with Gasteiger partial charge in [-0.25, -0.2) is 4.98 Å². The number of thioether (sulfide) groups is 1. The van der Waals surface area contributed by atoms with E-state index in [2.05, 4.69) is 48.4 Å². The van der Waals surface area contributed by atoms with E-state index in [-0.39, 0.29) is 5.91 Å². The van der Waals surface area contributed by atoms with Crippen LogP contribution >= 0.6 is 23.1 Å². The van der Waals surface area contributed by atoms with Gasteiger partial charge in [-0.05, 0) is 42.7 Å². The lowest BCUT2D eigenvalue weighted by Gasteiger charge is -2.02. The number of fused-ring (bicyclic) bond motifs is 1. The van der Waals surface area contributed by atoms with Gasteiger partial charge in [0.05, 0.1) is 16.0 Å². The Morgan fingerprint density at radius 3 is 2.70 bits per heavy atom. The Kier molecular flexibility index (Phi) is 4.98. The van der Waals surface area contributed by atoms with E-state index in [0.717, 1.165) is 16.0 Å². The highest BCUT2D eigenvalue weighted by Gasteiger charge is 2.09. The highest BCUT2D eigenvalue weighted by molar-refractivity contribution is 7.99. The number of rotatable bonds is 5. The molecule has 3 aromatic rings. The zero-order chi connectivity index (χ0) is 16.2. The number of hydrogen-bond donors (Lipinski definition) is 1. The molecule has 0 saturated carbocycles. The summed E-state index contributed by atoms with van der Waals surface area (Å²) in [5.74, 6) is 1.27. The first kappa shape index (κ1) is 16.0. The Bertz CT molecular complexity index is 789. The molecule has 1 aromatic heterocycles. The van der Waals surface area contributed by atoms with Crippen molar-refractivity contribution in [2.75, 3.05) is 11.1 Å². The first-order valence-electron chi connectivity index (χ1n) is 7.41. The van der Waals surface area contributed by atoms with Crippen LogP contribution in [0.15, 0.2) is 42.5 Å². The monoisotopic (exact) mass is 342 g/mol. The maximum Gasteiger partial charge on any atom is 0.236 e. The molecular formula is C18H18N2OS2. The van der Waals surface area contributed by atoms with Crippen molar-refractivity contribution in [3.63, 3.8) is 0 Å². The van der Waals surface area contributed by atoms with Crippen molar-refractivity contribution in [3.8, 4) is 0 Å². The number of aryl methyl sites for hydroxylation is 2. The van der Waals surface area contributed by atoms with E-state index in [9.17, 15) is 4.79 Å². The summed E-state index contributed by atoms with van der Waals surface area (Å²) >= 11 is 3.14. The molecular weight excluding hydrogens is 324 g/mol. The normalized spacial score (nSPS) is 10.9. The van der Waals surface area contributed by atoms with Crippen molar-refractivity contribution >= 4 is 44.4 Å². The molecule has 0 saturated heterocycles. The van der Waals surface area contributed by atoms with E-state index in [1.165, 1.54) is 28.0 Å². The number of benzene rings is 2. The fraction of sp³-hybridized carbons (Fsp3) is 0.222. The van der Waals surface area contributed by atoms with Gasteiger partial charge in [0.2, 0.25) is 5.91 Å². The van der Waals surface area contributed by atoms with Crippen LogP contribution in [0, 0.1) is 13.8 Å².